The van der Waals surface area contributed by atoms with Crippen LogP contribution in [0.1, 0.15) is 43.2 Å². The van der Waals surface area contributed by atoms with Crippen LogP contribution in [0.4, 0.5) is 0 Å². The van der Waals surface area contributed by atoms with E-state index in [0.29, 0.717) is 18.7 Å². The van der Waals surface area contributed by atoms with E-state index < -0.39 is 0 Å². The lowest BCUT2D eigenvalue weighted by atomic mass is 9.97. The average molecular weight is 260 g/mol. The van der Waals surface area contributed by atoms with Gasteiger partial charge >= 0.3 is 0 Å². The van der Waals surface area contributed by atoms with Crippen molar-refractivity contribution < 1.29 is 9.90 Å². The third-order valence-electron chi connectivity index (χ3n) is 2.24. The third kappa shape index (κ3) is 6.03. The Morgan fingerprint density at radius 3 is 2.68 bits per heavy atom. The van der Waals surface area contributed by atoms with Crippen LogP contribution in [0, 0.1) is 17.3 Å². The topological polar surface area (TPSA) is 62.2 Å². The quantitative estimate of drug-likeness (QED) is 0.811. The predicted octanol–water partition coefficient (Wildman–Crippen LogP) is 1.59. The number of amides is 1. The smallest absolute Gasteiger partial charge is 0.269 e. The first-order valence-corrected chi connectivity index (χ1v) is 6.26. The summed E-state index contributed by atoms with van der Waals surface area (Å²) in [6.45, 7) is 6.82. The van der Waals surface area contributed by atoms with Gasteiger partial charge in [0, 0.05) is 24.7 Å². The standard InChI is InChI=1S/C15H20N2O2/c1-15(2,3)11-17-14(19)13-8-7-12(10-16-13)6-4-5-9-18/h7-8,10,18H,5,9,11H2,1-3H3,(H,17,19). The number of nitrogens with one attached hydrogen (secondary N) is 1. The van der Waals surface area contributed by atoms with Gasteiger partial charge in [-0.25, -0.2) is 4.98 Å². The van der Waals surface area contributed by atoms with Crippen molar-refractivity contribution in [1.29, 1.82) is 0 Å². The predicted molar refractivity (Wildman–Crippen MR) is 74.6 cm³/mol. The van der Waals surface area contributed by atoms with E-state index in [1.165, 1.54) is 0 Å². The molecule has 1 aromatic rings. The van der Waals surface area contributed by atoms with Crippen molar-refractivity contribution in [3.05, 3.63) is 29.6 Å². The highest BCUT2D eigenvalue weighted by Crippen LogP contribution is 2.10. The molecule has 2 N–H and O–H groups in total. The maximum atomic E-state index is 11.8. The number of rotatable bonds is 3. The summed E-state index contributed by atoms with van der Waals surface area (Å²) in [4.78, 5) is 15.9. The Morgan fingerprint density at radius 2 is 2.16 bits per heavy atom. The van der Waals surface area contributed by atoms with Crippen molar-refractivity contribution in [1.82, 2.24) is 10.3 Å². The number of hydrogen-bond acceptors (Lipinski definition) is 3. The Labute approximate surface area is 114 Å². The van der Waals surface area contributed by atoms with Crippen molar-refractivity contribution in [2.24, 2.45) is 5.41 Å². The minimum atomic E-state index is -0.176. The van der Waals surface area contributed by atoms with E-state index in [9.17, 15) is 4.79 Å². The van der Waals surface area contributed by atoms with Gasteiger partial charge in [0.1, 0.15) is 5.69 Å². The lowest BCUT2D eigenvalue weighted by Crippen LogP contribution is -2.32. The number of aliphatic hydroxyl groups excluding tert-OH is 1. The molecule has 1 aromatic heterocycles. The van der Waals surface area contributed by atoms with Gasteiger partial charge in [-0.05, 0) is 17.5 Å². The van der Waals surface area contributed by atoms with Crippen molar-refractivity contribution in [3.8, 4) is 11.8 Å². The summed E-state index contributed by atoms with van der Waals surface area (Å²) in [5, 5.41) is 11.5. The van der Waals surface area contributed by atoms with E-state index in [1.54, 1.807) is 18.3 Å². The van der Waals surface area contributed by atoms with Gasteiger partial charge in [-0.15, -0.1) is 0 Å². The number of carbonyl (C=O) groups excluding carboxylic acids is 1. The highest BCUT2D eigenvalue weighted by Gasteiger charge is 2.13. The molecule has 0 unspecified atom stereocenters. The van der Waals surface area contributed by atoms with Crippen LogP contribution in [0.2, 0.25) is 0 Å². The number of nitrogens with zero attached hydrogens (tertiary/aromatic N) is 1. The molecule has 4 nitrogen and oxygen atoms in total. The Hall–Kier alpha value is -1.86. The van der Waals surface area contributed by atoms with E-state index in [1.807, 2.05) is 0 Å². The molecule has 1 amide bonds. The van der Waals surface area contributed by atoms with Crippen LogP contribution in [0.5, 0.6) is 0 Å². The van der Waals surface area contributed by atoms with E-state index in [-0.39, 0.29) is 17.9 Å². The molecule has 0 fully saturated rings. The summed E-state index contributed by atoms with van der Waals surface area (Å²) in [6, 6.07) is 3.41. The number of hydrogen-bond donors (Lipinski definition) is 2. The summed E-state index contributed by atoms with van der Waals surface area (Å²) in [5.74, 6) is 5.49. The van der Waals surface area contributed by atoms with Crippen LogP contribution in [0.25, 0.3) is 0 Å². The average Bonchev–Trinajstić information content (AvgIpc) is 2.36. The number of pyridine rings is 1. The molecule has 0 spiro atoms. The fraction of sp³-hybridized carbons (Fsp3) is 0.467. The van der Waals surface area contributed by atoms with Crippen molar-refractivity contribution in [3.63, 3.8) is 0 Å². The molecule has 0 aromatic carbocycles. The monoisotopic (exact) mass is 260 g/mol. The molecule has 0 saturated heterocycles. The number of aromatic nitrogens is 1. The van der Waals surface area contributed by atoms with Gasteiger partial charge in [0.15, 0.2) is 0 Å². The molecular formula is C15H20N2O2. The van der Waals surface area contributed by atoms with Gasteiger partial charge in [-0.1, -0.05) is 32.6 Å². The van der Waals surface area contributed by atoms with Crippen LogP contribution in [0.3, 0.4) is 0 Å². The van der Waals surface area contributed by atoms with Crippen LogP contribution in [-0.2, 0) is 0 Å². The van der Waals surface area contributed by atoms with Crippen LogP contribution in [-0.4, -0.2) is 29.1 Å². The van der Waals surface area contributed by atoms with Crippen LogP contribution < -0.4 is 5.32 Å². The number of aliphatic hydroxyl groups is 1. The minimum absolute atomic E-state index is 0.0470. The van der Waals surface area contributed by atoms with E-state index >= 15 is 0 Å². The molecule has 0 atom stereocenters. The lowest BCUT2D eigenvalue weighted by Gasteiger charge is -2.18. The molecule has 1 heterocycles. The van der Waals surface area contributed by atoms with E-state index in [0.717, 1.165) is 5.56 Å². The Kier molecular flexibility index (Phi) is 5.53. The molecule has 0 aliphatic carbocycles. The summed E-state index contributed by atoms with van der Waals surface area (Å²) < 4.78 is 0. The second kappa shape index (κ2) is 6.91. The van der Waals surface area contributed by atoms with Gasteiger partial charge in [0.25, 0.3) is 5.91 Å². The Balaban J connectivity index is 2.61. The normalized spacial score (nSPS) is 10.5. The third-order valence-corrected chi connectivity index (χ3v) is 2.24. The maximum absolute atomic E-state index is 11.8. The molecule has 4 heteroatoms. The minimum Gasteiger partial charge on any atom is -0.395 e. The van der Waals surface area contributed by atoms with Crippen molar-refractivity contribution >= 4 is 5.91 Å². The van der Waals surface area contributed by atoms with Crippen molar-refractivity contribution in [2.75, 3.05) is 13.2 Å². The van der Waals surface area contributed by atoms with E-state index in [4.69, 9.17) is 5.11 Å². The molecule has 0 aliphatic rings. The molecule has 102 valence electrons. The Bertz CT molecular complexity index is 476. The first-order valence-electron chi connectivity index (χ1n) is 6.26. The fourth-order valence-electron chi connectivity index (χ4n) is 1.26. The maximum Gasteiger partial charge on any atom is 0.269 e. The van der Waals surface area contributed by atoms with E-state index in [2.05, 4.69) is 42.9 Å². The molecule has 0 bridgehead atoms. The highest BCUT2D eigenvalue weighted by molar-refractivity contribution is 5.92. The Morgan fingerprint density at radius 1 is 1.42 bits per heavy atom. The zero-order chi connectivity index (χ0) is 14.3. The SMILES string of the molecule is CC(C)(C)CNC(=O)c1ccc(C#CCCO)cn1. The largest absolute Gasteiger partial charge is 0.395 e. The summed E-state index contributed by atoms with van der Waals surface area (Å²) in [6.07, 6.45) is 2.00. The summed E-state index contributed by atoms with van der Waals surface area (Å²) in [7, 11) is 0. The van der Waals surface area contributed by atoms with Crippen LogP contribution >= 0.6 is 0 Å². The second-order valence-electron chi connectivity index (χ2n) is 5.45. The van der Waals surface area contributed by atoms with Crippen molar-refractivity contribution in [2.45, 2.75) is 27.2 Å². The van der Waals surface area contributed by atoms with Gasteiger partial charge in [-0.3, -0.25) is 4.79 Å². The molecule has 0 saturated carbocycles. The summed E-state index contributed by atoms with van der Waals surface area (Å²) in [5.41, 5.74) is 1.17. The molecule has 0 radical (unpaired) electrons. The zero-order valence-corrected chi connectivity index (χ0v) is 11.7. The highest BCUT2D eigenvalue weighted by atomic mass is 16.2. The number of carbonyl (C=O) groups is 1. The summed E-state index contributed by atoms with van der Waals surface area (Å²) >= 11 is 0. The fourth-order valence-corrected chi connectivity index (χ4v) is 1.26. The van der Waals surface area contributed by atoms with Gasteiger partial charge in [0.2, 0.25) is 0 Å². The lowest BCUT2D eigenvalue weighted by molar-refractivity contribution is 0.0934. The first-order chi connectivity index (χ1) is 8.92. The van der Waals surface area contributed by atoms with Gasteiger partial charge in [-0.2, -0.15) is 0 Å². The zero-order valence-electron chi connectivity index (χ0n) is 11.7. The molecule has 19 heavy (non-hydrogen) atoms. The second-order valence-corrected chi connectivity index (χ2v) is 5.45. The first kappa shape index (κ1) is 15.2. The van der Waals surface area contributed by atoms with Gasteiger partial charge < -0.3 is 10.4 Å². The molecular weight excluding hydrogens is 240 g/mol. The van der Waals surface area contributed by atoms with Crippen LogP contribution in [0.15, 0.2) is 18.3 Å². The molecule has 0 aliphatic heterocycles. The molecule has 1 rings (SSSR count). The van der Waals surface area contributed by atoms with Gasteiger partial charge in [0.05, 0.1) is 6.61 Å².